The first-order chi connectivity index (χ1) is 11.6. The third-order valence-electron chi connectivity index (χ3n) is 3.48. The van der Waals surface area contributed by atoms with Gasteiger partial charge in [-0.25, -0.2) is 0 Å². The van der Waals surface area contributed by atoms with Crippen LogP contribution in [0.4, 0.5) is 0 Å². The number of carbonyl (C=O) groups excluding carboxylic acids is 1. The fraction of sp³-hybridized carbons (Fsp3) is 0.111. The van der Waals surface area contributed by atoms with Gasteiger partial charge in [-0.1, -0.05) is 29.3 Å². The summed E-state index contributed by atoms with van der Waals surface area (Å²) in [6.45, 7) is 0.759. The van der Waals surface area contributed by atoms with E-state index < -0.39 is 0 Å². The topological polar surface area (TPSA) is 46.3 Å². The number of hydrogen-bond acceptors (Lipinski definition) is 3. The summed E-state index contributed by atoms with van der Waals surface area (Å²) in [7, 11) is 0. The molecule has 122 valence electrons. The third-order valence-corrected chi connectivity index (χ3v) is 4.22. The van der Waals surface area contributed by atoms with Gasteiger partial charge < -0.3 is 9.32 Å². The highest BCUT2D eigenvalue weighted by atomic mass is 35.5. The van der Waals surface area contributed by atoms with E-state index in [0.29, 0.717) is 34.5 Å². The molecule has 0 aliphatic rings. The van der Waals surface area contributed by atoms with E-state index in [0.717, 1.165) is 5.56 Å². The molecule has 0 aliphatic carbocycles. The van der Waals surface area contributed by atoms with Gasteiger partial charge in [0.1, 0.15) is 5.76 Å². The predicted molar refractivity (Wildman–Crippen MR) is 93.0 cm³/mol. The van der Waals surface area contributed by atoms with Gasteiger partial charge in [0.2, 0.25) is 0 Å². The van der Waals surface area contributed by atoms with Crippen LogP contribution in [0, 0.1) is 0 Å². The molecule has 6 heteroatoms. The average Bonchev–Trinajstić information content (AvgIpc) is 3.10. The summed E-state index contributed by atoms with van der Waals surface area (Å²) in [4.78, 5) is 18.7. The summed E-state index contributed by atoms with van der Waals surface area (Å²) in [6, 6.07) is 12.2. The van der Waals surface area contributed by atoms with Gasteiger partial charge >= 0.3 is 0 Å². The lowest BCUT2D eigenvalue weighted by Gasteiger charge is -2.22. The zero-order valence-electron chi connectivity index (χ0n) is 12.7. The highest BCUT2D eigenvalue weighted by Crippen LogP contribution is 2.24. The lowest BCUT2D eigenvalue weighted by atomic mass is 10.1. The van der Waals surface area contributed by atoms with Gasteiger partial charge in [0, 0.05) is 24.5 Å². The van der Waals surface area contributed by atoms with Crippen molar-refractivity contribution in [2.24, 2.45) is 0 Å². The minimum Gasteiger partial charge on any atom is -0.467 e. The number of benzene rings is 1. The predicted octanol–water partition coefficient (Wildman–Crippen LogP) is 4.82. The Balaban J connectivity index is 1.87. The van der Waals surface area contributed by atoms with Crippen molar-refractivity contribution >= 4 is 29.1 Å². The van der Waals surface area contributed by atoms with E-state index >= 15 is 0 Å². The standard InChI is InChI=1S/C18H14Cl2N2O2/c19-16-6-5-14(9-17(16)20)18(23)22(12-15-4-2-8-24-15)11-13-3-1-7-21-10-13/h1-10H,11-12H2. The van der Waals surface area contributed by atoms with Crippen LogP contribution >= 0.6 is 23.2 Å². The lowest BCUT2D eigenvalue weighted by molar-refractivity contribution is 0.0717. The second kappa shape index (κ2) is 7.51. The van der Waals surface area contributed by atoms with Crippen molar-refractivity contribution < 1.29 is 9.21 Å². The van der Waals surface area contributed by atoms with Gasteiger partial charge in [-0.2, -0.15) is 0 Å². The van der Waals surface area contributed by atoms with Gasteiger partial charge in [0.25, 0.3) is 5.91 Å². The van der Waals surface area contributed by atoms with Crippen LogP contribution in [0.15, 0.2) is 65.5 Å². The van der Waals surface area contributed by atoms with E-state index in [1.165, 1.54) is 0 Å². The van der Waals surface area contributed by atoms with E-state index in [9.17, 15) is 4.79 Å². The maximum absolute atomic E-state index is 12.9. The Bertz CT molecular complexity index is 820. The Morgan fingerprint density at radius 2 is 1.96 bits per heavy atom. The number of amides is 1. The Morgan fingerprint density at radius 3 is 2.62 bits per heavy atom. The molecule has 2 heterocycles. The molecule has 1 aromatic carbocycles. The monoisotopic (exact) mass is 360 g/mol. The van der Waals surface area contributed by atoms with E-state index in [4.69, 9.17) is 27.6 Å². The minimum atomic E-state index is -0.159. The SMILES string of the molecule is O=C(c1ccc(Cl)c(Cl)c1)N(Cc1cccnc1)Cc1ccco1. The van der Waals surface area contributed by atoms with E-state index in [1.807, 2.05) is 18.2 Å². The molecule has 4 nitrogen and oxygen atoms in total. The van der Waals surface area contributed by atoms with Crippen LogP contribution in [-0.2, 0) is 13.1 Å². The van der Waals surface area contributed by atoms with E-state index in [2.05, 4.69) is 4.98 Å². The molecule has 1 amide bonds. The lowest BCUT2D eigenvalue weighted by Crippen LogP contribution is -2.30. The largest absolute Gasteiger partial charge is 0.467 e. The molecular formula is C18H14Cl2N2O2. The van der Waals surface area contributed by atoms with Crippen molar-refractivity contribution in [3.63, 3.8) is 0 Å². The highest BCUT2D eigenvalue weighted by molar-refractivity contribution is 6.42. The summed E-state index contributed by atoms with van der Waals surface area (Å²) < 4.78 is 5.37. The summed E-state index contributed by atoms with van der Waals surface area (Å²) >= 11 is 12.0. The maximum Gasteiger partial charge on any atom is 0.254 e. The first-order valence-corrected chi connectivity index (χ1v) is 8.04. The van der Waals surface area contributed by atoms with E-state index in [1.54, 1.807) is 47.8 Å². The number of aromatic nitrogens is 1. The van der Waals surface area contributed by atoms with Crippen LogP contribution in [0.25, 0.3) is 0 Å². The molecule has 0 fully saturated rings. The normalized spacial score (nSPS) is 10.6. The van der Waals surface area contributed by atoms with Crippen LogP contribution < -0.4 is 0 Å². The molecule has 0 spiro atoms. The first-order valence-electron chi connectivity index (χ1n) is 7.29. The second-order valence-electron chi connectivity index (χ2n) is 5.23. The number of furan rings is 1. The summed E-state index contributed by atoms with van der Waals surface area (Å²) in [5, 5.41) is 0.764. The molecule has 0 atom stereocenters. The summed E-state index contributed by atoms with van der Waals surface area (Å²) in [5.41, 5.74) is 1.40. The van der Waals surface area contributed by atoms with Crippen molar-refractivity contribution in [1.29, 1.82) is 0 Å². The fourth-order valence-corrected chi connectivity index (χ4v) is 2.61. The van der Waals surface area contributed by atoms with Gasteiger partial charge in [-0.15, -0.1) is 0 Å². The quantitative estimate of drug-likeness (QED) is 0.654. The molecule has 3 aromatic rings. The molecule has 3 rings (SSSR count). The molecule has 2 aromatic heterocycles. The number of nitrogens with zero attached hydrogens (tertiary/aromatic N) is 2. The van der Waals surface area contributed by atoms with Crippen molar-refractivity contribution in [3.05, 3.63) is 88.1 Å². The Labute approximate surface area is 149 Å². The molecule has 0 aliphatic heterocycles. The fourth-order valence-electron chi connectivity index (χ4n) is 2.31. The van der Waals surface area contributed by atoms with Crippen molar-refractivity contribution in [2.45, 2.75) is 13.1 Å². The smallest absolute Gasteiger partial charge is 0.254 e. The molecule has 0 saturated carbocycles. The Morgan fingerprint density at radius 1 is 1.08 bits per heavy atom. The van der Waals surface area contributed by atoms with Crippen LogP contribution in [0.1, 0.15) is 21.7 Å². The van der Waals surface area contributed by atoms with Gasteiger partial charge in [0.15, 0.2) is 0 Å². The summed E-state index contributed by atoms with van der Waals surface area (Å²) in [5.74, 6) is 0.543. The minimum absolute atomic E-state index is 0.159. The van der Waals surface area contributed by atoms with Crippen molar-refractivity contribution in [3.8, 4) is 0 Å². The number of hydrogen-bond donors (Lipinski definition) is 0. The zero-order valence-corrected chi connectivity index (χ0v) is 14.2. The maximum atomic E-state index is 12.9. The van der Waals surface area contributed by atoms with Crippen molar-refractivity contribution in [2.75, 3.05) is 0 Å². The second-order valence-corrected chi connectivity index (χ2v) is 6.05. The van der Waals surface area contributed by atoms with E-state index in [-0.39, 0.29) is 5.91 Å². The van der Waals surface area contributed by atoms with Crippen LogP contribution in [0.2, 0.25) is 10.0 Å². The highest BCUT2D eigenvalue weighted by Gasteiger charge is 2.19. The van der Waals surface area contributed by atoms with Gasteiger partial charge in [-0.05, 0) is 42.0 Å². The number of pyridine rings is 1. The number of halogens is 2. The van der Waals surface area contributed by atoms with Gasteiger partial charge in [-0.3, -0.25) is 9.78 Å². The van der Waals surface area contributed by atoms with Crippen molar-refractivity contribution in [1.82, 2.24) is 9.88 Å². The molecule has 0 saturated heterocycles. The molecular weight excluding hydrogens is 347 g/mol. The molecule has 0 radical (unpaired) electrons. The first kappa shape index (κ1) is 16.6. The van der Waals surface area contributed by atoms with Crippen LogP contribution in [-0.4, -0.2) is 15.8 Å². The van der Waals surface area contributed by atoms with Crippen LogP contribution in [0.3, 0.4) is 0 Å². The zero-order chi connectivity index (χ0) is 16.9. The summed E-state index contributed by atoms with van der Waals surface area (Å²) in [6.07, 6.45) is 5.01. The molecule has 24 heavy (non-hydrogen) atoms. The van der Waals surface area contributed by atoms with Gasteiger partial charge in [0.05, 0.1) is 22.9 Å². The average molecular weight is 361 g/mol. The number of rotatable bonds is 5. The molecule has 0 N–H and O–H groups in total. The molecule has 0 bridgehead atoms. The Kier molecular flexibility index (Phi) is 5.18. The number of carbonyl (C=O) groups is 1. The molecule has 0 unspecified atom stereocenters. The third kappa shape index (κ3) is 3.96. The van der Waals surface area contributed by atoms with Crippen LogP contribution in [0.5, 0.6) is 0 Å². The Hall–Kier alpha value is -2.30.